The van der Waals surface area contributed by atoms with Crippen LogP contribution < -0.4 is 15.6 Å². The molecule has 7 heteroatoms. The molecule has 0 bridgehead atoms. The van der Waals surface area contributed by atoms with E-state index in [1.807, 2.05) is 0 Å². The number of hydrogen-bond acceptors (Lipinski definition) is 4. The Kier molecular flexibility index (Phi) is 5.53. The van der Waals surface area contributed by atoms with Crippen molar-refractivity contribution < 1.29 is 14.3 Å². The Morgan fingerprint density at radius 2 is 2.04 bits per heavy atom. The first-order valence-corrected chi connectivity index (χ1v) is 9.55. The van der Waals surface area contributed by atoms with Crippen molar-refractivity contribution in [2.45, 2.75) is 50.7 Å². The lowest BCUT2D eigenvalue weighted by Crippen LogP contribution is -2.44. The summed E-state index contributed by atoms with van der Waals surface area (Å²) in [4.78, 5) is 24.2. The second-order valence-electron chi connectivity index (χ2n) is 7.21. The largest absolute Gasteiger partial charge is 0.489 e. The number of halogens is 1. The van der Waals surface area contributed by atoms with Gasteiger partial charge in [-0.15, -0.1) is 0 Å². The van der Waals surface area contributed by atoms with Gasteiger partial charge in [0.2, 0.25) is 5.91 Å². The maximum atomic E-state index is 12.4. The van der Waals surface area contributed by atoms with E-state index in [4.69, 9.17) is 9.47 Å². The molecule has 2 aliphatic rings. The molecule has 2 aliphatic carbocycles. The van der Waals surface area contributed by atoms with Crippen LogP contribution in [-0.4, -0.2) is 36.3 Å². The lowest BCUT2D eigenvalue weighted by atomic mass is 9.92. The van der Waals surface area contributed by atoms with Crippen LogP contribution in [-0.2, 0) is 16.6 Å². The van der Waals surface area contributed by atoms with E-state index >= 15 is 0 Å². The molecule has 1 aromatic heterocycles. The fourth-order valence-electron chi connectivity index (χ4n) is 3.38. The molecule has 2 saturated carbocycles. The Labute approximate surface area is 156 Å². The SMILES string of the molecule is COCC1(C(=O)NC2CCC(Oc3cc(=O)n(C)cc3Br)CC2)CC1. The summed E-state index contributed by atoms with van der Waals surface area (Å²) in [7, 11) is 3.35. The van der Waals surface area contributed by atoms with Gasteiger partial charge in [-0.1, -0.05) is 0 Å². The smallest absolute Gasteiger partial charge is 0.254 e. The number of aromatic nitrogens is 1. The second kappa shape index (κ2) is 7.50. The van der Waals surface area contributed by atoms with Crippen molar-refractivity contribution in [3.63, 3.8) is 0 Å². The minimum absolute atomic E-state index is 0.0745. The fraction of sp³-hybridized carbons (Fsp3) is 0.667. The van der Waals surface area contributed by atoms with Crippen molar-refractivity contribution in [3.8, 4) is 5.75 Å². The highest BCUT2D eigenvalue weighted by atomic mass is 79.9. The number of amides is 1. The predicted octanol–water partition coefficient (Wildman–Crippen LogP) is 2.38. The first-order chi connectivity index (χ1) is 11.9. The Morgan fingerprint density at radius 1 is 1.36 bits per heavy atom. The molecule has 1 amide bonds. The maximum absolute atomic E-state index is 12.4. The van der Waals surface area contributed by atoms with Gasteiger partial charge in [-0.25, -0.2) is 0 Å². The predicted molar refractivity (Wildman–Crippen MR) is 97.7 cm³/mol. The third kappa shape index (κ3) is 4.26. The normalized spacial score (nSPS) is 24.6. The molecular weight excluding hydrogens is 388 g/mol. The van der Waals surface area contributed by atoms with Crippen LogP contribution in [0.1, 0.15) is 38.5 Å². The van der Waals surface area contributed by atoms with Gasteiger partial charge in [-0.3, -0.25) is 9.59 Å². The molecule has 0 aliphatic heterocycles. The van der Waals surface area contributed by atoms with Gasteiger partial charge in [0, 0.05) is 32.5 Å². The van der Waals surface area contributed by atoms with Crippen molar-refractivity contribution in [2.24, 2.45) is 12.5 Å². The van der Waals surface area contributed by atoms with Crippen LogP contribution in [0.2, 0.25) is 0 Å². The third-order valence-corrected chi connectivity index (χ3v) is 5.80. The molecule has 1 aromatic rings. The number of nitrogens with zero attached hydrogens (tertiary/aromatic N) is 1. The lowest BCUT2D eigenvalue weighted by Gasteiger charge is -2.30. The maximum Gasteiger partial charge on any atom is 0.254 e. The van der Waals surface area contributed by atoms with Crippen LogP contribution in [0, 0.1) is 5.41 Å². The summed E-state index contributed by atoms with van der Waals surface area (Å²) >= 11 is 3.44. The molecule has 3 rings (SSSR count). The molecule has 0 unspecified atom stereocenters. The zero-order valence-corrected chi connectivity index (χ0v) is 16.3. The summed E-state index contributed by atoms with van der Waals surface area (Å²) in [6, 6.07) is 1.72. The number of pyridine rings is 1. The van der Waals surface area contributed by atoms with Crippen LogP contribution in [0.15, 0.2) is 21.5 Å². The van der Waals surface area contributed by atoms with Crippen LogP contribution in [0.4, 0.5) is 0 Å². The molecule has 138 valence electrons. The van der Waals surface area contributed by atoms with Gasteiger partial charge in [-0.05, 0) is 54.5 Å². The Balaban J connectivity index is 1.50. The summed E-state index contributed by atoms with van der Waals surface area (Å²) in [5, 5.41) is 3.18. The molecular formula is C18H25BrN2O4. The topological polar surface area (TPSA) is 69.6 Å². The monoisotopic (exact) mass is 412 g/mol. The molecule has 0 atom stereocenters. The van der Waals surface area contributed by atoms with Crippen LogP contribution in [0.25, 0.3) is 0 Å². The van der Waals surface area contributed by atoms with Crippen molar-refractivity contribution in [1.82, 2.24) is 9.88 Å². The highest BCUT2D eigenvalue weighted by Crippen LogP contribution is 2.46. The highest BCUT2D eigenvalue weighted by Gasteiger charge is 2.50. The molecule has 1 N–H and O–H groups in total. The lowest BCUT2D eigenvalue weighted by molar-refractivity contribution is -0.129. The first-order valence-electron chi connectivity index (χ1n) is 8.76. The van der Waals surface area contributed by atoms with Gasteiger partial charge in [0.05, 0.1) is 22.6 Å². The number of aryl methyl sites for hydroxylation is 1. The molecule has 2 fully saturated rings. The minimum Gasteiger partial charge on any atom is -0.489 e. The van der Waals surface area contributed by atoms with E-state index in [0.717, 1.165) is 43.0 Å². The average Bonchev–Trinajstić information content (AvgIpc) is 3.36. The molecule has 1 heterocycles. The van der Waals surface area contributed by atoms with Crippen LogP contribution in [0.5, 0.6) is 5.75 Å². The standard InChI is InChI=1S/C18H25BrN2O4/c1-21-10-14(19)15(9-16(21)22)25-13-5-3-12(4-6-13)20-17(23)18(7-8-18)11-24-2/h9-10,12-13H,3-8,11H2,1-2H3,(H,20,23). The molecule has 0 radical (unpaired) electrons. The van der Waals surface area contributed by atoms with E-state index < -0.39 is 0 Å². The van der Waals surface area contributed by atoms with Crippen LogP contribution >= 0.6 is 15.9 Å². The summed E-state index contributed by atoms with van der Waals surface area (Å²) < 4.78 is 13.5. The van der Waals surface area contributed by atoms with Gasteiger partial charge in [0.25, 0.3) is 5.56 Å². The molecule has 0 saturated heterocycles. The number of ether oxygens (including phenoxy) is 2. The van der Waals surface area contributed by atoms with E-state index in [-0.39, 0.29) is 29.0 Å². The fourth-order valence-corrected chi connectivity index (χ4v) is 3.89. The first kappa shape index (κ1) is 18.5. The zero-order chi connectivity index (χ0) is 18.0. The third-order valence-electron chi connectivity index (χ3n) is 5.20. The number of methoxy groups -OCH3 is 1. The average molecular weight is 413 g/mol. The summed E-state index contributed by atoms with van der Waals surface area (Å²) in [6.07, 6.45) is 7.14. The number of rotatable bonds is 6. The Bertz CT molecular complexity index is 691. The second-order valence-corrected chi connectivity index (χ2v) is 8.07. The number of nitrogens with one attached hydrogen (secondary N) is 1. The quantitative estimate of drug-likeness (QED) is 0.778. The van der Waals surface area contributed by atoms with E-state index in [1.165, 1.54) is 10.6 Å². The van der Waals surface area contributed by atoms with Gasteiger partial charge >= 0.3 is 0 Å². The Morgan fingerprint density at radius 3 is 2.64 bits per heavy atom. The Hall–Kier alpha value is -1.34. The molecule has 0 spiro atoms. The molecule has 6 nitrogen and oxygen atoms in total. The van der Waals surface area contributed by atoms with Gasteiger partial charge < -0.3 is 19.4 Å². The summed E-state index contributed by atoms with van der Waals surface area (Å²) in [5.74, 6) is 0.723. The number of carbonyl (C=O) groups is 1. The summed E-state index contributed by atoms with van der Waals surface area (Å²) in [5.41, 5.74) is -0.371. The van der Waals surface area contributed by atoms with Gasteiger partial charge in [-0.2, -0.15) is 0 Å². The van der Waals surface area contributed by atoms with Gasteiger partial charge in [0.1, 0.15) is 5.75 Å². The van der Waals surface area contributed by atoms with E-state index in [9.17, 15) is 9.59 Å². The van der Waals surface area contributed by atoms with E-state index in [2.05, 4.69) is 21.2 Å². The van der Waals surface area contributed by atoms with E-state index in [0.29, 0.717) is 12.4 Å². The van der Waals surface area contributed by atoms with Gasteiger partial charge in [0.15, 0.2) is 0 Å². The summed E-state index contributed by atoms with van der Waals surface area (Å²) in [6.45, 7) is 0.508. The number of carbonyl (C=O) groups excluding carboxylic acids is 1. The van der Waals surface area contributed by atoms with Crippen molar-refractivity contribution in [1.29, 1.82) is 0 Å². The van der Waals surface area contributed by atoms with Crippen LogP contribution in [0.3, 0.4) is 0 Å². The highest BCUT2D eigenvalue weighted by molar-refractivity contribution is 9.10. The van der Waals surface area contributed by atoms with Crippen molar-refractivity contribution >= 4 is 21.8 Å². The zero-order valence-electron chi connectivity index (χ0n) is 14.7. The van der Waals surface area contributed by atoms with Crippen molar-refractivity contribution in [3.05, 3.63) is 27.1 Å². The molecule has 25 heavy (non-hydrogen) atoms. The molecule has 0 aromatic carbocycles. The van der Waals surface area contributed by atoms with E-state index in [1.54, 1.807) is 20.4 Å². The minimum atomic E-state index is -0.281. The van der Waals surface area contributed by atoms with Crippen molar-refractivity contribution in [2.75, 3.05) is 13.7 Å². The number of hydrogen-bond donors (Lipinski definition) is 1.